The number of aromatic nitrogens is 1. The van der Waals surface area contributed by atoms with Gasteiger partial charge in [-0.2, -0.15) is 0 Å². The van der Waals surface area contributed by atoms with E-state index in [1.165, 1.54) is 42.8 Å². The van der Waals surface area contributed by atoms with Crippen molar-refractivity contribution in [2.75, 3.05) is 0 Å². The first-order valence-corrected chi connectivity index (χ1v) is 7.31. The van der Waals surface area contributed by atoms with E-state index < -0.39 is 0 Å². The topological polar surface area (TPSA) is 24.9 Å². The SMILES string of the molecule is CC(C)NCc1nc(C2CCCCC2)cs1. The lowest BCUT2D eigenvalue weighted by Crippen LogP contribution is -2.21. The van der Waals surface area contributed by atoms with E-state index in [0.29, 0.717) is 6.04 Å². The third-order valence-electron chi connectivity index (χ3n) is 3.25. The molecular formula is C13H22N2S. The van der Waals surface area contributed by atoms with Crippen LogP contribution >= 0.6 is 11.3 Å². The Kier molecular flexibility index (Phi) is 4.36. The summed E-state index contributed by atoms with van der Waals surface area (Å²) in [5.74, 6) is 0.748. The Labute approximate surface area is 102 Å². The van der Waals surface area contributed by atoms with Crippen molar-refractivity contribution in [3.05, 3.63) is 16.1 Å². The summed E-state index contributed by atoms with van der Waals surface area (Å²) in [6, 6.07) is 0.544. The molecule has 3 heteroatoms. The van der Waals surface area contributed by atoms with Crippen molar-refractivity contribution in [1.29, 1.82) is 0 Å². The first kappa shape index (κ1) is 12.1. The van der Waals surface area contributed by atoms with E-state index in [9.17, 15) is 0 Å². The van der Waals surface area contributed by atoms with Crippen LogP contribution in [0.4, 0.5) is 0 Å². The molecule has 90 valence electrons. The Balaban J connectivity index is 1.90. The summed E-state index contributed by atoms with van der Waals surface area (Å²) >= 11 is 1.81. The van der Waals surface area contributed by atoms with Gasteiger partial charge in [0.15, 0.2) is 0 Å². The molecule has 1 N–H and O–H groups in total. The summed E-state index contributed by atoms with van der Waals surface area (Å²) < 4.78 is 0. The minimum atomic E-state index is 0.544. The number of thiazole rings is 1. The van der Waals surface area contributed by atoms with Crippen LogP contribution in [-0.2, 0) is 6.54 Å². The van der Waals surface area contributed by atoms with Gasteiger partial charge in [-0.3, -0.25) is 0 Å². The van der Waals surface area contributed by atoms with Crippen LogP contribution in [0.5, 0.6) is 0 Å². The molecule has 16 heavy (non-hydrogen) atoms. The number of hydrogen-bond donors (Lipinski definition) is 1. The first-order valence-electron chi connectivity index (χ1n) is 6.43. The lowest BCUT2D eigenvalue weighted by atomic mass is 9.87. The van der Waals surface area contributed by atoms with Crippen molar-refractivity contribution in [1.82, 2.24) is 10.3 Å². The predicted molar refractivity (Wildman–Crippen MR) is 69.9 cm³/mol. The van der Waals surface area contributed by atoms with Crippen LogP contribution in [0.25, 0.3) is 0 Å². The number of hydrogen-bond acceptors (Lipinski definition) is 3. The lowest BCUT2D eigenvalue weighted by molar-refractivity contribution is 0.437. The van der Waals surface area contributed by atoms with E-state index in [1.54, 1.807) is 0 Å². The van der Waals surface area contributed by atoms with Crippen LogP contribution in [0.2, 0.25) is 0 Å². The minimum absolute atomic E-state index is 0.544. The monoisotopic (exact) mass is 238 g/mol. The van der Waals surface area contributed by atoms with E-state index in [4.69, 9.17) is 4.98 Å². The molecule has 1 heterocycles. The van der Waals surface area contributed by atoms with Gasteiger partial charge < -0.3 is 5.32 Å². The van der Waals surface area contributed by atoms with E-state index in [2.05, 4.69) is 24.5 Å². The van der Waals surface area contributed by atoms with Gasteiger partial charge in [0.2, 0.25) is 0 Å². The maximum Gasteiger partial charge on any atom is 0.107 e. The Morgan fingerprint density at radius 2 is 2.12 bits per heavy atom. The zero-order chi connectivity index (χ0) is 11.4. The minimum Gasteiger partial charge on any atom is -0.308 e. The maximum atomic E-state index is 4.76. The number of nitrogens with zero attached hydrogens (tertiary/aromatic N) is 1. The predicted octanol–water partition coefficient (Wildman–Crippen LogP) is 3.69. The molecule has 1 aliphatic rings. The van der Waals surface area contributed by atoms with E-state index in [1.807, 2.05) is 11.3 Å². The molecule has 0 atom stereocenters. The first-order chi connectivity index (χ1) is 7.75. The highest BCUT2D eigenvalue weighted by Crippen LogP contribution is 2.32. The van der Waals surface area contributed by atoms with Gasteiger partial charge in [0.1, 0.15) is 5.01 Å². The van der Waals surface area contributed by atoms with E-state index >= 15 is 0 Å². The van der Waals surface area contributed by atoms with E-state index in [0.717, 1.165) is 12.5 Å². The Morgan fingerprint density at radius 1 is 1.38 bits per heavy atom. The molecular weight excluding hydrogens is 216 g/mol. The van der Waals surface area contributed by atoms with Gasteiger partial charge in [-0.25, -0.2) is 4.98 Å². The molecule has 0 bridgehead atoms. The van der Waals surface area contributed by atoms with Crippen molar-refractivity contribution in [3.63, 3.8) is 0 Å². The van der Waals surface area contributed by atoms with Crippen LogP contribution in [0.3, 0.4) is 0 Å². The van der Waals surface area contributed by atoms with Gasteiger partial charge in [-0.05, 0) is 12.8 Å². The van der Waals surface area contributed by atoms with Crippen LogP contribution in [0.15, 0.2) is 5.38 Å². The summed E-state index contributed by atoms with van der Waals surface area (Å²) in [5, 5.41) is 6.94. The second-order valence-corrected chi connectivity index (χ2v) is 5.98. The highest BCUT2D eigenvalue weighted by molar-refractivity contribution is 7.09. The molecule has 0 amide bonds. The van der Waals surface area contributed by atoms with Crippen LogP contribution in [0, 0.1) is 0 Å². The fraction of sp³-hybridized carbons (Fsp3) is 0.769. The Morgan fingerprint density at radius 3 is 2.81 bits per heavy atom. The molecule has 1 saturated carbocycles. The molecule has 0 radical (unpaired) electrons. The molecule has 0 aromatic carbocycles. The van der Waals surface area contributed by atoms with Crippen LogP contribution in [0.1, 0.15) is 62.6 Å². The molecule has 2 rings (SSSR count). The lowest BCUT2D eigenvalue weighted by Gasteiger charge is -2.19. The van der Waals surface area contributed by atoms with Gasteiger partial charge in [-0.1, -0.05) is 33.1 Å². The molecule has 1 aromatic heterocycles. The van der Waals surface area contributed by atoms with Crippen molar-refractivity contribution < 1.29 is 0 Å². The zero-order valence-corrected chi connectivity index (χ0v) is 11.1. The molecule has 2 nitrogen and oxygen atoms in total. The van der Waals surface area contributed by atoms with Crippen LogP contribution < -0.4 is 5.32 Å². The van der Waals surface area contributed by atoms with Crippen molar-refractivity contribution in [3.8, 4) is 0 Å². The summed E-state index contributed by atoms with van der Waals surface area (Å²) in [4.78, 5) is 4.76. The van der Waals surface area contributed by atoms with Gasteiger partial charge >= 0.3 is 0 Å². The summed E-state index contributed by atoms with van der Waals surface area (Å²) in [6.07, 6.45) is 6.90. The second kappa shape index (κ2) is 5.78. The molecule has 0 unspecified atom stereocenters. The van der Waals surface area contributed by atoms with Gasteiger partial charge in [0, 0.05) is 23.9 Å². The van der Waals surface area contributed by atoms with Gasteiger partial charge in [0.25, 0.3) is 0 Å². The Hall–Kier alpha value is -0.410. The van der Waals surface area contributed by atoms with Crippen molar-refractivity contribution in [2.45, 2.75) is 64.5 Å². The molecule has 0 saturated heterocycles. The molecule has 0 spiro atoms. The molecule has 0 aliphatic heterocycles. The summed E-state index contributed by atoms with van der Waals surface area (Å²) in [7, 11) is 0. The summed E-state index contributed by atoms with van der Waals surface area (Å²) in [5.41, 5.74) is 1.35. The zero-order valence-electron chi connectivity index (χ0n) is 10.3. The Bertz CT molecular complexity index is 313. The highest BCUT2D eigenvalue weighted by atomic mass is 32.1. The molecule has 1 aliphatic carbocycles. The van der Waals surface area contributed by atoms with E-state index in [-0.39, 0.29) is 0 Å². The fourth-order valence-corrected chi connectivity index (χ4v) is 3.11. The average molecular weight is 238 g/mol. The third kappa shape index (κ3) is 3.29. The number of nitrogens with one attached hydrogen (secondary N) is 1. The van der Waals surface area contributed by atoms with Gasteiger partial charge in [0.05, 0.1) is 5.69 Å². The average Bonchev–Trinajstić information content (AvgIpc) is 2.76. The normalized spacial score (nSPS) is 18.2. The van der Waals surface area contributed by atoms with Crippen LogP contribution in [-0.4, -0.2) is 11.0 Å². The van der Waals surface area contributed by atoms with Crippen molar-refractivity contribution in [2.24, 2.45) is 0 Å². The maximum absolute atomic E-state index is 4.76. The largest absolute Gasteiger partial charge is 0.308 e. The quantitative estimate of drug-likeness (QED) is 0.865. The van der Waals surface area contributed by atoms with Gasteiger partial charge in [-0.15, -0.1) is 11.3 Å². The fourth-order valence-electron chi connectivity index (χ4n) is 2.28. The highest BCUT2D eigenvalue weighted by Gasteiger charge is 2.17. The molecule has 1 aromatic rings. The number of rotatable bonds is 4. The summed E-state index contributed by atoms with van der Waals surface area (Å²) in [6.45, 7) is 5.28. The molecule has 1 fully saturated rings. The van der Waals surface area contributed by atoms with Crippen molar-refractivity contribution >= 4 is 11.3 Å². The smallest absolute Gasteiger partial charge is 0.107 e. The third-order valence-corrected chi connectivity index (χ3v) is 4.12. The standard InChI is InChI=1S/C13H22N2S/c1-10(2)14-8-13-15-12(9-16-13)11-6-4-3-5-7-11/h9-11,14H,3-8H2,1-2H3. The second-order valence-electron chi connectivity index (χ2n) is 5.04.